The van der Waals surface area contributed by atoms with Gasteiger partial charge in [-0.1, -0.05) is 18.2 Å². The van der Waals surface area contributed by atoms with E-state index in [4.69, 9.17) is 0 Å². The smallest absolute Gasteiger partial charge is 0.208 e. The van der Waals surface area contributed by atoms with Crippen LogP contribution in [-0.4, -0.2) is 34.8 Å². The highest BCUT2D eigenvalue weighted by atomic mass is 32.2. The Morgan fingerprint density at radius 2 is 1.88 bits per heavy atom. The molecule has 1 N–H and O–H groups in total. The Morgan fingerprint density at radius 1 is 1.25 bits per heavy atom. The van der Waals surface area contributed by atoms with Crippen LogP contribution in [-0.2, 0) is 10.0 Å². The van der Waals surface area contributed by atoms with Crippen LogP contribution in [0.2, 0.25) is 0 Å². The molecular weight excluding hydrogens is 224 g/mol. The van der Waals surface area contributed by atoms with Gasteiger partial charge in [-0.3, -0.25) is 0 Å². The number of sulfonamides is 1. The zero-order valence-corrected chi connectivity index (χ0v) is 10.5. The lowest BCUT2D eigenvalue weighted by Crippen LogP contribution is -2.27. The lowest BCUT2D eigenvalue weighted by Gasteiger charge is -2.18. The molecule has 0 radical (unpaired) electrons. The van der Waals surface area contributed by atoms with Crippen molar-refractivity contribution < 1.29 is 8.42 Å². The standard InChI is InChI=1S/C11H18N2O2S/c1-13(11-7-4-3-5-8-11)10-6-9-12-16(2,14)15/h3-5,7-8,12H,6,9-10H2,1-2H3. The van der Waals surface area contributed by atoms with Crippen LogP contribution in [0.3, 0.4) is 0 Å². The molecule has 0 aliphatic heterocycles. The first-order valence-electron chi connectivity index (χ1n) is 5.20. The van der Waals surface area contributed by atoms with Gasteiger partial charge in [0.1, 0.15) is 0 Å². The summed E-state index contributed by atoms with van der Waals surface area (Å²) < 4.78 is 24.1. The molecule has 0 atom stereocenters. The first-order chi connectivity index (χ1) is 7.49. The molecule has 0 unspecified atom stereocenters. The fourth-order valence-electron chi connectivity index (χ4n) is 1.39. The van der Waals surface area contributed by atoms with Gasteiger partial charge in [-0.05, 0) is 18.6 Å². The number of hydrogen-bond donors (Lipinski definition) is 1. The molecule has 0 amide bonds. The summed E-state index contributed by atoms with van der Waals surface area (Å²) in [6, 6.07) is 10.0. The quantitative estimate of drug-likeness (QED) is 0.759. The van der Waals surface area contributed by atoms with E-state index in [2.05, 4.69) is 9.62 Å². The molecule has 5 heteroatoms. The number of benzene rings is 1. The number of nitrogens with one attached hydrogen (secondary N) is 1. The summed E-state index contributed by atoms with van der Waals surface area (Å²) in [6.07, 6.45) is 1.96. The zero-order chi connectivity index (χ0) is 12.0. The van der Waals surface area contributed by atoms with Gasteiger partial charge in [0.2, 0.25) is 10.0 Å². The van der Waals surface area contributed by atoms with Crippen molar-refractivity contribution in [3.63, 3.8) is 0 Å². The number of hydrogen-bond acceptors (Lipinski definition) is 3. The normalized spacial score (nSPS) is 11.4. The van der Waals surface area contributed by atoms with Gasteiger partial charge in [0.05, 0.1) is 6.26 Å². The second-order valence-corrected chi connectivity index (χ2v) is 5.61. The number of rotatable bonds is 6. The monoisotopic (exact) mass is 242 g/mol. The van der Waals surface area contributed by atoms with Crippen molar-refractivity contribution in [1.82, 2.24) is 4.72 Å². The van der Waals surface area contributed by atoms with Gasteiger partial charge in [0.15, 0.2) is 0 Å². The summed E-state index contributed by atoms with van der Waals surface area (Å²) in [6.45, 7) is 1.31. The van der Waals surface area contributed by atoms with E-state index >= 15 is 0 Å². The predicted molar refractivity (Wildman–Crippen MR) is 67.2 cm³/mol. The van der Waals surface area contributed by atoms with Gasteiger partial charge in [-0.25, -0.2) is 13.1 Å². The Bertz CT molecular complexity index is 403. The molecule has 0 spiro atoms. The van der Waals surface area contributed by atoms with Crippen molar-refractivity contribution in [2.45, 2.75) is 6.42 Å². The maximum atomic E-state index is 10.8. The second kappa shape index (κ2) is 5.86. The summed E-state index contributed by atoms with van der Waals surface area (Å²) in [5.74, 6) is 0. The molecule has 16 heavy (non-hydrogen) atoms. The van der Waals surface area contributed by atoms with Crippen LogP contribution in [0, 0.1) is 0 Å². The lowest BCUT2D eigenvalue weighted by atomic mass is 10.3. The molecule has 0 aromatic heterocycles. The largest absolute Gasteiger partial charge is 0.375 e. The summed E-state index contributed by atoms with van der Waals surface area (Å²) in [7, 11) is -1.06. The predicted octanol–water partition coefficient (Wildman–Crippen LogP) is 1.06. The van der Waals surface area contributed by atoms with Crippen molar-refractivity contribution in [2.75, 3.05) is 31.3 Å². The Labute approximate surface area is 97.3 Å². The summed E-state index contributed by atoms with van der Waals surface area (Å²) in [5.41, 5.74) is 1.14. The van der Waals surface area contributed by atoms with E-state index in [-0.39, 0.29) is 0 Å². The zero-order valence-electron chi connectivity index (χ0n) is 9.68. The molecule has 0 aliphatic carbocycles. The second-order valence-electron chi connectivity index (χ2n) is 3.78. The van der Waals surface area contributed by atoms with Crippen LogP contribution in [0.15, 0.2) is 30.3 Å². The third-order valence-electron chi connectivity index (χ3n) is 2.23. The van der Waals surface area contributed by atoms with Crippen molar-refractivity contribution in [3.05, 3.63) is 30.3 Å². The molecule has 0 fully saturated rings. The maximum Gasteiger partial charge on any atom is 0.208 e. The molecule has 1 aromatic rings. The molecule has 90 valence electrons. The van der Waals surface area contributed by atoms with Crippen molar-refractivity contribution in [2.24, 2.45) is 0 Å². The van der Waals surface area contributed by atoms with Crippen LogP contribution >= 0.6 is 0 Å². The third kappa shape index (κ3) is 5.14. The molecule has 1 rings (SSSR count). The molecule has 1 aromatic carbocycles. The van der Waals surface area contributed by atoms with Gasteiger partial charge < -0.3 is 4.90 Å². The van der Waals surface area contributed by atoms with Crippen LogP contribution in [0.5, 0.6) is 0 Å². The average Bonchev–Trinajstić information content (AvgIpc) is 2.24. The topological polar surface area (TPSA) is 49.4 Å². The van der Waals surface area contributed by atoms with Crippen molar-refractivity contribution >= 4 is 15.7 Å². The molecule has 4 nitrogen and oxygen atoms in total. The van der Waals surface area contributed by atoms with Gasteiger partial charge in [0, 0.05) is 25.8 Å². The van der Waals surface area contributed by atoms with Crippen molar-refractivity contribution in [1.29, 1.82) is 0 Å². The summed E-state index contributed by atoms with van der Waals surface area (Å²) in [4.78, 5) is 2.10. The number of anilines is 1. The Balaban J connectivity index is 2.29. The van der Waals surface area contributed by atoms with Crippen LogP contribution in [0.25, 0.3) is 0 Å². The minimum absolute atomic E-state index is 0.482. The summed E-state index contributed by atoms with van der Waals surface area (Å²) in [5, 5.41) is 0. The van der Waals surface area contributed by atoms with Gasteiger partial charge >= 0.3 is 0 Å². The highest BCUT2D eigenvalue weighted by molar-refractivity contribution is 7.88. The first kappa shape index (κ1) is 13.0. The first-order valence-corrected chi connectivity index (χ1v) is 7.09. The minimum atomic E-state index is -3.06. The summed E-state index contributed by atoms with van der Waals surface area (Å²) >= 11 is 0. The van der Waals surface area contributed by atoms with Crippen molar-refractivity contribution in [3.8, 4) is 0 Å². The van der Waals surface area contributed by atoms with E-state index in [1.165, 1.54) is 6.26 Å². The van der Waals surface area contributed by atoms with Gasteiger partial charge in [-0.15, -0.1) is 0 Å². The fraction of sp³-hybridized carbons (Fsp3) is 0.455. The average molecular weight is 242 g/mol. The highest BCUT2D eigenvalue weighted by Crippen LogP contribution is 2.10. The van der Waals surface area contributed by atoms with Gasteiger partial charge in [-0.2, -0.15) is 0 Å². The molecule has 0 bridgehead atoms. The molecule has 0 saturated carbocycles. The van der Waals surface area contributed by atoms with E-state index in [1.54, 1.807) is 0 Å². The molecular formula is C11H18N2O2S. The van der Waals surface area contributed by atoms with Crippen LogP contribution < -0.4 is 9.62 Å². The number of nitrogens with zero attached hydrogens (tertiary/aromatic N) is 1. The molecule has 0 aliphatic rings. The molecule has 0 heterocycles. The maximum absolute atomic E-state index is 10.8. The Kier molecular flexibility index (Phi) is 4.76. The SMILES string of the molecule is CN(CCCNS(C)(=O)=O)c1ccccc1. The molecule has 0 saturated heterocycles. The van der Waals surface area contributed by atoms with E-state index in [0.29, 0.717) is 6.54 Å². The van der Waals surface area contributed by atoms with E-state index in [0.717, 1.165) is 18.7 Å². The third-order valence-corrected chi connectivity index (χ3v) is 2.96. The Hall–Kier alpha value is -1.07. The van der Waals surface area contributed by atoms with Crippen LogP contribution in [0.1, 0.15) is 6.42 Å². The number of para-hydroxylation sites is 1. The van der Waals surface area contributed by atoms with E-state index in [1.807, 2.05) is 37.4 Å². The minimum Gasteiger partial charge on any atom is -0.375 e. The van der Waals surface area contributed by atoms with Gasteiger partial charge in [0.25, 0.3) is 0 Å². The Morgan fingerprint density at radius 3 is 2.44 bits per heavy atom. The van der Waals surface area contributed by atoms with Crippen LogP contribution in [0.4, 0.5) is 5.69 Å². The van der Waals surface area contributed by atoms with E-state index in [9.17, 15) is 8.42 Å². The fourth-order valence-corrected chi connectivity index (χ4v) is 1.90. The van der Waals surface area contributed by atoms with E-state index < -0.39 is 10.0 Å². The highest BCUT2D eigenvalue weighted by Gasteiger charge is 2.01. The lowest BCUT2D eigenvalue weighted by molar-refractivity contribution is 0.585.